The molecule has 1 fully saturated rings. The largest absolute Gasteiger partial charge is 0.480 e. The third-order valence-corrected chi connectivity index (χ3v) is 3.96. The second kappa shape index (κ2) is 4.68. The topological polar surface area (TPSA) is 109 Å². The quantitative estimate of drug-likeness (QED) is 0.662. The molecular formula is C9H18N2O4S. The summed E-state index contributed by atoms with van der Waals surface area (Å²) in [4.78, 5) is 11.2. The normalized spacial score (nSPS) is 31.2. The van der Waals surface area contributed by atoms with Gasteiger partial charge in [0.15, 0.2) is 0 Å². The number of hydrogen-bond donors (Lipinski definition) is 3. The van der Waals surface area contributed by atoms with Crippen LogP contribution in [0.5, 0.6) is 0 Å². The molecule has 7 heteroatoms. The Hall–Kier alpha value is -0.660. The summed E-state index contributed by atoms with van der Waals surface area (Å²) in [5.41, 5.74) is -1.40. The van der Waals surface area contributed by atoms with Gasteiger partial charge in [-0.25, -0.2) is 5.14 Å². The van der Waals surface area contributed by atoms with Crippen LogP contribution < -0.4 is 9.86 Å². The van der Waals surface area contributed by atoms with Crippen molar-refractivity contribution in [3.8, 4) is 0 Å². The maximum Gasteiger partial charge on any atom is 0.324 e. The van der Waals surface area contributed by atoms with Crippen LogP contribution in [-0.2, 0) is 15.0 Å². The number of nitrogens with one attached hydrogen (secondary N) is 1. The van der Waals surface area contributed by atoms with Gasteiger partial charge in [0.05, 0.1) is 0 Å². The first kappa shape index (κ1) is 13.4. The predicted molar refractivity (Wildman–Crippen MR) is 58.9 cm³/mol. The van der Waals surface area contributed by atoms with Gasteiger partial charge in [0.25, 0.3) is 10.2 Å². The molecule has 94 valence electrons. The monoisotopic (exact) mass is 250 g/mol. The van der Waals surface area contributed by atoms with Crippen molar-refractivity contribution in [3.63, 3.8) is 0 Å². The lowest BCUT2D eigenvalue weighted by Crippen LogP contribution is -2.57. The maximum atomic E-state index is 11.2. The second-order valence-electron chi connectivity index (χ2n) is 4.39. The average Bonchev–Trinajstić information content (AvgIpc) is 2.16. The van der Waals surface area contributed by atoms with E-state index < -0.39 is 21.7 Å². The highest BCUT2D eigenvalue weighted by atomic mass is 32.2. The summed E-state index contributed by atoms with van der Waals surface area (Å²) in [7, 11) is -3.98. The lowest BCUT2D eigenvalue weighted by molar-refractivity contribution is -0.145. The van der Waals surface area contributed by atoms with Crippen molar-refractivity contribution in [1.82, 2.24) is 4.72 Å². The Morgan fingerprint density at radius 1 is 1.50 bits per heavy atom. The SMILES string of the molecule is CCC1CCC(NS(N)(=O)=O)(C(=O)O)CC1. The molecule has 0 aromatic carbocycles. The number of rotatable bonds is 4. The molecule has 0 aromatic rings. The third-order valence-electron chi connectivity index (χ3n) is 3.28. The zero-order chi connectivity index (χ0) is 12.4. The predicted octanol–water partition coefficient (Wildman–Crippen LogP) is 0.203. The van der Waals surface area contributed by atoms with Crippen molar-refractivity contribution in [2.75, 3.05) is 0 Å². The minimum atomic E-state index is -3.98. The van der Waals surface area contributed by atoms with Crippen LogP contribution in [0.4, 0.5) is 0 Å². The molecule has 0 bridgehead atoms. The molecule has 0 radical (unpaired) electrons. The summed E-state index contributed by atoms with van der Waals surface area (Å²) in [6, 6.07) is 0. The molecule has 0 saturated heterocycles. The van der Waals surface area contributed by atoms with Gasteiger partial charge in [-0.05, 0) is 31.6 Å². The zero-order valence-electron chi connectivity index (χ0n) is 9.27. The zero-order valence-corrected chi connectivity index (χ0v) is 10.1. The highest BCUT2D eigenvalue weighted by molar-refractivity contribution is 7.87. The minimum absolute atomic E-state index is 0.303. The number of carboxylic acids is 1. The number of carbonyl (C=O) groups is 1. The molecule has 4 N–H and O–H groups in total. The summed E-state index contributed by atoms with van der Waals surface area (Å²) in [5.74, 6) is -0.661. The van der Waals surface area contributed by atoms with Crippen molar-refractivity contribution >= 4 is 16.2 Å². The number of hydrogen-bond acceptors (Lipinski definition) is 3. The third kappa shape index (κ3) is 3.16. The Balaban J connectivity index is 2.81. The summed E-state index contributed by atoms with van der Waals surface area (Å²) < 4.78 is 24.0. The molecule has 1 rings (SSSR count). The summed E-state index contributed by atoms with van der Waals surface area (Å²) >= 11 is 0. The molecule has 6 nitrogen and oxygen atoms in total. The standard InChI is InChI=1S/C9H18N2O4S/c1-2-7-3-5-9(6-4-7,8(12)13)11-16(10,14)15/h7,11H,2-6H2,1H3,(H,12,13)(H2,10,14,15). The number of nitrogens with two attached hydrogens (primary N) is 1. The second-order valence-corrected chi connectivity index (χ2v) is 5.68. The Morgan fingerprint density at radius 2 is 2.00 bits per heavy atom. The van der Waals surface area contributed by atoms with Crippen molar-refractivity contribution in [2.45, 2.75) is 44.6 Å². The lowest BCUT2D eigenvalue weighted by Gasteiger charge is -2.36. The van der Waals surface area contributed by atoms with E-state index in [0.717, 1.165) is 6.42 Å². The van der Waals surface area contributed by atoms with Crippen LogP contribution in [0.1, 0.15) is 39.0 Å². The van der Waals surface area contributed by atoms with E-state index >= 15 is 0 Å². The van der Waals surface area contributed by atoms with Gasteiger partial charge in [-0.3, -0.25) is 4.79 Å². The molecule has 0 amide bonds. The van der Waals surface area contributed by atoms with Gasteiger partial charge in [-0.1, -0.05) is 13.3 Å². The summed E-state index contributed by atoms with van der Waals surface area (Å²) in [6.07, 6.45) is 3.02. The molecule has 1 saturated carbocycles. The Kier molecular flexibility index (Phi) is 3.92. The van der Waals surface area contributed by atoms with E-state index in [1.807, 2.05) is 6.92 Å². The van der Waals surface area contributed by atoms with Gasteiger partial charge >= 0.3 is 5.97 Å². The molecule has 0 aromatic heterocycles. The number of aliphatic carboxylic acids is 1. The van der Waals surface area contributed by atoms with E-state index in [4.69, 9.17) is 10.2 Å². The minimum Gasteiger partial charge on any atom is -0.480 e. The smallest absolute Gasteiger partial charge is 0.324 e. The molecule has 1 aliphatic rings. The van der Waals surface area contributed by atoms with Gasteiger partial charge in [0.2, 0.25) is 0 Å². The summed E-state index contributed by atoms with van der Waals surface area (Å²) in [6.45, 7) is 2.05. The molecule has 0 spiro atoms. The molecular weight excluding hydrogens is 232 g/mol. The fourth-order valence-electron chi connectivity index (χ4n) is 2.21. The van der Waals surface area contributed by atoms with Crippen LogP contribution >= 0.6 is 0 Å². The molecule has 1 aliphatic carbocycles. The van der Waals surface area contributed by atoms with E-state index in [2.05, 4.69) is 4.72 Å². The molecule has 0 aliphatic heterocycles. The molecule has 0 atom stereocenters. The fourth-order valence-corrected chi connectivity index (χ4v) is 3.05. The maximum absolute atomic E-state index is 11.2. The highest BCUT2D eigenvalue weighted by Crippen LogP contribution is 2.34. The Morgan fingerprint density at radius 3 is 2.31 bits per heavy atom. The van der Waals surface area contributed by atoms with Crippen molar-refractivity contribution in [1.29, 1.82) is 0 Å². The van der Waals surface area contributed by atoms with Crippen LogP contribution in [-0.4, -0.2) is 25.0 Å². The van der Waals surface area contributed by atoms with Gasteiger partial charge < -0.3 is 5.11 Å². The Labute approximate surface area is 95.4 Å². The van der Waals surface area contributed by atoms with Gasteiger partial charge in [-0.2, -0.15) is 13.1 Å². The molecule has 0 heterocycles. The van der Waals surface area contributed by atoms with Gasteiger partial charge in [0.1, 0.15) is 5.54 Å². The van der Waals surface area contributed by atoms with Gasteiger partial charge in [0, 0.05) is 0 Å². The van der Waals surface area contributed by atoms with E-state index in [-0.39, 0.29) is 0 Å². The van der Waals surface area contributed by atoms with Crippen LogP contribution in [0.15, 0.2) is 0 Å². The Bertz CT molecular complexity index is 358. The van der Waals surface area contributed by atoms with Crippen molar-refractivity contribution in [3.05, 3.63) is 0 Å². The van der Waals surface area contributed by atoms with Crippen molar-refractivity contribution < 1.29 is 18.3 Å². The fraction of sp³-hybridized carbons (Fsp3) is 0.889. The van der Waals surface area contributed by atoms with E-state index in [1.54, 1.807) is 0 Å². The van der Waals surface area contributed by atoms with Crippen LogP contribution in [0.2, 0.25) is 0 Å². The first-order valence-corrected chi connectivity index (χ1v) is 6.89. The van der Waals surface area contributed by atoms with E-state index in [1.165, 1.54) is 0 Å². The lowest BCUT2D eigenvalue weighted by atomic mass is 9.76. The van der Waals surface area contributed by atoms with Crippen LogP contribution in [0, 0.1) is 5.92 Å². The van der Waals surface area contributed by atoms with E-state index in [9.17, 15) is 13.2 Å². The van der Waals surface area contributed by atoms with Crippen LogP contribution in [0.25, 0.3) is 0 Å². The van der Waals surface area contributed by atoms with E-state index in [0.29, 0.717) is 31.6 Å². The van der Waals surface area contributed by atoms with Crippen LogP contribution in [0.3, 0.4) is 0 Å². The first-order valence-electron chi connectivity index (χ1n) is 5.34. The first-order chi connectivity index (χ1) is 7.29. The molecule has 16 heavy (non-hydrogen) atoms. The number of carboxylic acid groups (broad SMARTS) is 1. The van der Waals surface area contributed by atoms with Crippen molar-refractivity contribution in [2.24, 2.45) is 11.1 Å². The summed E-state index contributed by atoms with van der Waals surface area (Å²) in [5, 5.41) is 14.0. The van der Waals surface area contributed by atoms with Gasteiger partial charge in [-0.15, -0.1) is 0 Å². The highest BCUT2D eigenvalue weighted by Gasteiger charge is 2.43. The molecule has 0 unspecified atom stereocenters. The average molecular weight is 250 g/mol.